The molecule has 1 unspecified atom stereocenters. The first-order chi connectivity index (χ1) is 12.8. The highest BCUT2D eigenvalue weighted by atomic mass is 32.2. The smallest absolute Gasteiger partial charge is 0.333 e. The van der Waals surface area contributed by atoms with E-state index in [2.05, 4.69) is 17.1 Å². The molecule has 0 aromatic heterocycles. The van der Waals surface area contributed by atoms with Crippen LogP contribution in [0, 0.1) is 6.92 Å². The summed E-state index contributed by atoms with van der Waals surface area (Å²) in [7, 11) is -3.91. The molecule has 2 aromatic carbocycles. The number of hydrogen-bond donors (Lipinski definition) is 2. The topological polar surface area (TPSA) is 87.7 Å². The minimum atomic E-state index is -3.91. The molecule has 144 valence electrons. The molecule has 27 heavy (non-hydrogen) atoms. The van der Waals surface area contributed by atoms with Gasteiger partial charge >= 0.3 is 6.03 Å². The molecule has 3 rings (SSSR count). The summed E-state index contributed by atoms with van der Waals surface area (Å²) in [6.07, 6.45) is 0. The van der Waals surface area contributed by atoms with Crippen LogP contribution in [0.25, 0.3) is 0 Å². The molecule has 1 atom stereocenters. The number of anilines is 2. The van der Waals surface area contributed by atoms with Crippen molar-refractivity contribution < 1.29 is 17.9 Å². The molecule has 1 aliphatic heterocycles. The molecule has 2 N–H and O–H groups in total. The van der Waals surface area contributed by atoms with E-state index in [1.54, 1.807) is 24.3 Å². The van der Waals surface area contributed by atoms with E-state index >= 15 is 0 Å². The van der Waals surface area contributed by atoms with Crippen molar-refractivity contribution in [2.24, 2.45) is 0 Å². The maximum atomic E-state index is 12.3. The lowest BCUT2D eigenvalue weighted by molar-refractivity contribution is 0.0989. The Hall–Kier alpha value is -2.58. The van der Waals surface area contributed by atoms with Crippen molar-refractivity contribution in [1.29, 1.82) is 0 Å². The van der Waals surface area contributed by atoms with E-state index in [4.69, 9.17) is 4.74 Å². The number of carbonyl (C=O) groups excluding carboxylic acids is 1. The normalized spacial score (nSPS) is 17.4. The van der Waals surface area contributed by atoms with Gasteiger partial charge in [0.15, 0.2) is 0 Å². The van der Waals surface area contributed by atoms with Gasteiger partial charge in [-0.05, 0) is 50.2 Å². The average molecular weight is 389 g/mol. The highest BCUT2D eigenvalue weighted by Crippen LogP contribution is 2.22. The lowest BCUT2D eigenvalue weighted by Gasteiger charge is -2.35. The summed E-state index contributed by atoms with van der Waals surface area (Å²) in [5.41, 5.74) is 2.48. The molecule has 7 nitrogen and oxygen atoms in total. The number of sulfonamides is 1. The first-order valence-electron chi connectivity index (χ1n) is 8.70. The van der Waals surface area contributed by atoms with Crippen LogP contribution in [0.3, 0.4) is 0 Å². The third kappa shape index (κ3) is 4.78. The van der Waals surface area contributed by atoms with Gasteiger partial charge in [0.1, 0.15) is 0 Å². The van der Waals surface area contributed by atoms with Gasteiger partial charge in [0, 0.05) is 24.0 Å². The van der Waals surface area contributed by atoms with E-state index in [9.17, 15) is 13.2 Å². The number of morpholine rings is 1. The van der Waals surface area contributed by atoms with Gasteiger partial charge in [0.05, 0.1) is 18.1 Å². The predicted molar refractivity (Wildman–Crippen MR) is 105 cm³/mol. The van der Waals surface area contributed by atoms with Crippen LogP contribution in [0.5, 0.6) is 0 Å². The maximum absolute atomic E-state index is 12.3. The summed E-state index contributed by atoms with van der Waals surface area (Å²) in [5.74, 6) is 0. The van der Waals surface area contributed by atoms with Gasteiger partial charge in [-0.2, -0.15) is 0 Å². The van der Waals surface area contributed by atoms with Crippen molar-refractivity contribution in [3.05, 3.63) is 54.1 Å². The summed E-state index contributed by atoms with van der Waals surface area (Å²) in [4.78, 5) is 14.4. The van der Waals surface area contributed by atoms with E-state index in [1.165, 1.54) is 12.1 Å². The lowest BCUT2D eigenvalue weighted by Crippen LogP contribution is -2.43. The number of rotatable bonds is 4. The maximum Gasteiger partial charge on any atom is 0.333 e. The molecule has 0 saturated carbocycles. The van der Waals surface area contributed by atoms with Gasteiger partial charge in [0.2, 0.25) is 0 Å². The molecule has 0 spiro atoms. The Balaban J connectivity index is 1.63. The van der Waals surface area contributed by atoms with Crippen LogP contribution >= 0.6 is 0 Å². The quantitative estimate of drug-likeness (QED) is 0.840. The zero-order valence-corrected chi connectivity index (χ0v) is 16.1. The van der Waals surface area contributed by atoms with Crippen molar-refractivity contribution in [3.8, 4) is 0 Å². The van der Waals surface area contributed by atoms with Gasteiger partial charge in [-0.25, -0.2) is 17.9 Å². The second-order valence-electron chi connectivity index (χ2n) is 6.54. The Morgan fingerprint density at radius 3 is 2.41 bits per heavy atom. The Morgan fingerprint density at radius 1 is 1.11 bits per heavy atom. The van der Waals surface area contributed by atoms with Crippen LogP contribution in [0.4, 0.5) is 16.2 Å². The van der Waals surface area contributed by atoms with E-state index in [-0.39, 0.29) is 10.9 Å². The van der Waals surface area contributed by atoms with Gasteiger partial charge in [-0.1, -0.05) is 17.7 Å². The van der Waals surface area contributed by atoms with Crippen LogP contribution in [-0.2, 0) is 14.8 Å². The molecule has 2 aromatic rings. The number of nitrogens with one attached hydrogen (secondary N) is 2. The summed E-state index contributed by atoms with van der Waals surface area (Å²) in [6, 6.07) is 13.0. The monoisotopic (exact) mass is 389 g/mol. The number of hydrogen-bond acceptors (Lipinski definition) is 5. The molecule has 0 aliphatic carbocycles. The van der Waals surface area contributed by atoms with Crippen molar-refractivity contribution in [2.75, 3.05) is 30.0 Å². The predicted octanol–water partition coefficient (Wildman–Crippen LogP) is 2.73. The van der Waals surface area contributed by atoms with Gasteiger partial charge in [-0.3, -0.25) is 0 Å². The average Bonchev–Trinajstić information content (AvgIpc) is 2.63. The highest BCUT2D eigenvalue weighted by Gasteiger charge is 2.20. The van der Waals surface area contributed by atoms with Crippen LogP contribution in [0.2, 0.25) is 0 Å². The molecule has 1 aliphatic rings. The van der Waals surface area contributed by atoms with Crippen molar-refractivity contribution in [1.82, 2.24) is 4.72 Å². The molecule has 1 fully saturated rings. The number of aryl methyl sites for hydroxylation is 1. The van der Waals surface area contributed by atoms with Crippen LogP contribution in [0.15, 0.2) is 53.4 Å². The first kappa shape index (κ1) is 19.2. The zero-order chi connectivity index (χ0) is 19.4. The number of benzene rings is 2. The van der Waals surface area contributed by atoms with Crippen LogP contribution < -0.4 is 14.9 Å². The number of nitrogens with zero attached hydrogens (tertiary/aromatic N) is 1. The number of amides is 2. The Kier molecular flexibility index (Phi) is 5.67. The fourth-order valence-electron chi connectivity index (χ4n) is 2.90. The molecular weight excluding hydrogens is 366 g/mol. The van der Waals surface area contributed by atoms with Gasteiger partial charge in [-0.15, -0.1) is 0 Å². The molecule has 1 heterocycles. The van der Waals surface area contributed by atoms with Crippen molar-refractivity contribution >= 4 is 27.4 Å². The zero-order valence-electron chi connectivity index (χ0n) is 15.3. The minimum Gasteiger partial charge on any atom is -0.377 e. The fraction of sp³-hybridized carbons (Fsp3) is 0.316. The number of urea groups is 1. The van der Waals surface area contributed by atoms with E-state index < -0.39 is 16.1 Å². The summed E-state index contributed by atoms with van der Waals surface area (Å²) >= 11 is 0. The molecule has 1 saturated heterocycles. The second-order valence-corrected chi connectivity index (χ2v) is 8.22. The number of carbonyl (C=O) groups is 1. The summed E-state index contributed by atoms with van der Waals surface area (Å²) in [5, 5.41) is 2.55. The SMILES string of the molecule is Cc1ccc(S(=O)(=O)NC(=O)Nc2ccc(N3CCOCC3C)cc2)cc1. The minimum absolute atomic E-state index is 0.0416. The second kappa shape index (κ2) is 7.98. The molecule has 0 bridgehead atoms. The molecular formula is C19H23N3O4S. The summed E-state index contributed by atoms with van der Waals surface area (Å²) < 4.78 is 32.0. The third-order valence-electron chi connectivity index (χ3n) is 4.38. The highest BCUT2D eigenvalue weighted by molar-refractivity contribution is 7.90. The Morgan fingerprint density at radius 2 is 1.78 bits per heavy atom. The van der Waals surface area contributed by atoms with Gasteiger partial charge in [0.25, 0.3) is 10.0 Å². The van der Waals surface area contributed by atoms with E-state index in [0.717, 1.165) is 17.8 Å². The first-order valence-corrected chi connectivity index (χ1v) is 10.2. The molecule has 2 amide bonds. The van der Waals surface area contributed by atoms with E-state index in [1.807, 2.05) is 23.8 Å². The largest absolute Gasteiger partial charge is 0.377 e. The molecule has 0 radical (unpaired) electrons. The van der Waals surface area contributed by atoms with Crippen LogP contribution in [0.1, 0.15) is 12.5 Å². The lowest BCUT2D eigenvalue weighted by atomic mass is 10.2. The van der Waals surface area contributed by atoms with Gasteiger partial charge < -0.3 is 15.0 Å². The standard InChI is InChI=1S/C19H23N3O4S/c1-14-3-9-18(10-4-14)27(24,25)21-19(23)20-16-5-7-17(8-6-16)22-11-12-26-13-15(22)2/h3-10,15H,11-13H2,1-2H3,(H2,20,21,23). The van der Waals surface area contributed by atoms with Crippen molar-refractivity contribution in [3.63, 3.8) is 0 Å². The molecule has 8 heteroatoms. The fourth-order valence-corrected chi connectivity index (χ4v) is 3.81. The Labute approximate surface area is 159 Å². The Bertz CT molecular complexity index is 896. The van der Waals surface area contributed by atoms with E-state index in [0.29, 0.717) is 18.9 Å². The van der Waals surface area contributed by atoms with Crippen molar-refractivity contribution in [2.45, 2.75) is 24.8 Å². The third-order valence-corrected chi connectivity index (χ3v) is 5.73. The summed E-state index contributed by atoms with van der Waals surface area (Å²) in [6.45, 7) is 6.12. The number of ether oxygens (including phenoxy) is 1. The van der Waals surface area contributed by atoms with Crippen LogP contribution in [-0.4, -0.2) is 40.2 Å².